The first-order chi connectivity index (χ1) is 9.36. The maximum atomic E-state index is 3.29. The molecule has 0 fully saturated rings. The Bertz CT molecular complexity index is 548. The molecule has 98 valence electrons. The summed E-state index contributed by atoms with van der Waals surface area (Å²) in [5.74, 6) is 0. The summed E-state index contributed by atoms with van der Waals surface area (Å²) in [4.78, 5) is 2.53. The SMILES string of the molecule is CNc1cccc2c1CN(CCc1ccccc1)C2. The molecule has 2 aromatic rings. The van der Waals surface area contributed by atoms with Crippen LogP contribution in [-0.4, -0.2) is 18.5 Å². The maximum absolute atomic E-state index is 3.29. The van der Waals surface area contributed by atoms with Crippen molar-refractivity contribution in [3.05, 3.63) is 65.2 Å². The van der Waals surface area contributed by atoms with Gasteiger partial charge in [-0.2, -0.15) is 0 Å². The summed E-state index contributed by atoms with van der Waals surface area (Å²) >= 11 is 0. The highest BCUT2D eigenvalue weighted by atomic mass is 15.1. The summed E-state index contributed by atoms with van der Waals surface area (Å²) in [7, 11) is 2.00. The van der Waals surface area contributed by atoms with E-state index in [0.29, 0.717) is 0 Å². The van der Waals surface area contributed by atoms with Gasteiger partial charge in [0, 0.05) is 32.4 Å². The van der Waals surface area contributed by atoms with Crippen LogP contribution in [0.25, 0.3) is 0 Å². The number of hydrogen-bond donors (Lipinski definition) is 1. The Morgan fingerprint density at radius 2 is 1.84 bits per heavy atom. The molecule has 0 amide bonds. The second kappa shape index (κ2) is 5.45. The molecule has 2 aromatic carbocycles. The Kier molecular flexibility index (Phi) is 3.51. The minimum atomic E-state index is 1.07. The molecule has 0 saturated heterocycles. The van der Waals surface area contributed by atoms with E-state index in [0.717, 1.165) is 26.1 Å². The van der Waals surface area contributed by atoms with Crippen LogP contribution < -0.4 is 5.32 Å². The summed E-state index contributed by atoms with van der Waals surface area (Å²) < 4.78 is 0. The molecule has 3 rings (SSSR count). The monoisotopic (exact) mass is 252 g/mol. The first kappa shape index (κ1) is 12.2. The second-order valence-corrected chi connectivity index (χ2v) is 5.14. The van der Waals surface area contributed by atoms with Gasteiger partial charge in [0.1, 0.15) is 0 Å². The van der Waals surface area contributed by atoms with E-state index in [1.807, 2.05) is 7.05 Å². The fourth-order valence-corrected chi connectivity index (χ4v) is 2.81. The van der Waals surface area contributed by atoms with Crippen molar-refractivity contribution >= 4 is 5.69 Å². The zero-order chi connectivity index (χ0) is 13.1. The van der Waals surface area contributed by atoms with E-state index in [4.69, 9.17) is 0 Å². The standard InChI is InChI=1S/C17H20N2/c1-18-17-9-5-8-15-12-19(13-16(15)17)11-10-14-6-3-2-4-7-14/h2-9,18H,10-13H2,1H3. The molecule has 2 nitrogen and oxygen atoms in total. The van der Waals surface area contributed by atoms with Crippen molar-refractivity contribution in [2.75, 3.05) is 18.9 Å². The highest BCUT2D eigenvalue weighted by Gasteiger charge is 2.20. The molecule has 0 bridgehead atoms. The highest BCUT2D eigenvalue weighted by Crippen LogP contribution is 2.28. The van der Waals surface area contributed by atoms with Crippen LogP contribution in [0.1, 0.15) is 16.7 Å². The molecule has 1 aliphatic heterocycles. The lowest BCUT2D eigenvalue weighted by Crippen LogP contribution is -2.19. The van der Waals surface area contributed by atoms with Crippen LogP contribution in [0.4, 0.5) is 5.69 Å². The quantitative estimate of drug-likeness (QED) is 0.898. The van der Waals surface area contributed by atoms with Crippen molar-refractivity contribution in [2.24, 2.45) is 0 Å². The van der Waals surface area contributed by atoms with Crippen LogP contribution in [-0.2, 0) is 19.5 Å². The van der Waals surface area contributed by atoms with Gasteiger partial charge in [-0.3, -0.25) is 4.90 Å². The molecule has 1 heterocycles. The van der Waals surface area contributed by atoms with Crippen molar-refractivity contribution in [1.82, 2.24) is 4.90 Å². The lowest BCUT2D eigenvalue weighted by molar-refractivity contribution is 0.288. The number of benzene rings is 2. The minimum absolute atomic E-state index is 1.07. The number of anilines is 1. The van der Waals surface area contributed by atoms with Crippen molar-refractivity contribution in [3.8, 4) is 0 Å². The molecule has 2 heteroatoms. The van der Waals surface area contributed by atoms with Gasteiger partial charge in [-0.1, -0.05) is 42.5 Å². The molecular formula is C17H20N2. The van der Waals surface area contributed by atoms with E-state index in [-0.39, 0.29) is 0 Å². The lowest BCUT2D eigenvalue weighted by Gasteiger charge is -2.14. The van der Waals surface area contributed by atoms with Crippen LogP contribution in [0.5, 0.6) is 0 Å². The van der Waals surface area contributed by atoms with E-state index in [9.17, 15) is 0 Å². The van der Waals surface area contributed by atoms with Gasteiger partial charge in [-0.15, -0.1) is 0 Å². The van der Waals surface area contributed by atoms with Crippen molar-refractivity contribution in [3.63, 3.8) is 0 Å². The molecule has 0 atom stereocenters. The van der Waals surface area contributed by atoms with Crippen molar-refractivity contribution < 1.29 is 0 Å². The molecule has 0 unspecified atom stereocenters. The normalized spacial score (nSPS) is 14.4. The Hall–Kier alpha value is -1.80. The summed E-state index contributed by atoms with van der Waals surface area (Å²) in [6.07, 6.45) is 1.13. The van der Waals surface area contributed by atoms with Crippen LogP contribution in [0.15, 0.2) is 48.5 Å². The minimum Gasteiger partial charge on any atom is -0.388 e. The second-order valence-electron chi connectivity index (χ2n) is 5.14. The number of nitrogens with one attached hydrogen (secondary N) is 1. The molecule has 0 radical (unpaired) electrons. The first-order valence-electron chi connectivity index (χ1n) is 6.91. The molecule has 0 spiro atoms. The smallest absolute Gasteiger partial charge is 0.0386 e. The van der Waals surface area contributed by atoms with Gasteiger partial charge in [0.2, 0.25) is 0 Å². The fraction of sp³-hybridized carbons (Fsp3) is 0.294. The number of rotatable bonds is 4. The van der Waals surface area contributed by atoms with Gasteiger partial charge < -0.3 is 5.32 Å². The van der Waals surface area contributed by atoms with Crippen LogP contribution in [0.3, 0.4) is 0 Å². The molecule has 0 saturated carbocycles. The summed E-state index contributed by atoms with van der Waals surface area (Å²) in [5, 5.41) is 3.29. The average Bonchev–Trinajstić information content (AvgIpc) is 2.89. The predicted molar refractivity (Wildman–Crippen MR) is 80.2 cm³/mol. The Morgan fingerprint density at radius 1 is 1.00 bits per heavy atom. The topological polar surface area (TPSA) is 15.3 Å². The van der Waals surface area contributed by atoms with Gasteiger partial charge in [0.05, 0.1) is 0 Å². The fourth-order valence-electron chi connectivity index (χ4n) is 2.81. The van der Waals surface area contributed by atoms with E-state index in [1.165, 1.54) is 22.4 Å². The molecule has 1 N–H and O–H groups in total. The number of hydrogen-bond acceptors (Lipinski definition) is 2. The van der Waals surface area contributed by atoms with Gasteiger partial charge in [-0.05, 0) is 29.2 Å². The van der Waals surface area contributed by atoms with Crippen LogP contribution >= 0.6 is 0 Å². The molecular weight excluding hydrogens is 232 g/mol. The van der Waals surface area contributed by atoms with E-state index < -0.39 is 0 Å². The average molecular weight is 252 g/mol. The largest absolute Gasteiger partial charge is 0.388 e. The van der Waals surface area contributed by atoms with E-state index >= 15 is 0 Å². The van der Waals surface area contributed by atoms with E-state index in [2.05, 4.69) is 58.7 Å². The Labute approximate surface area is 115 Å². The third-order valence-corrected chi connectivity index (χ3v) is 3.88. The third kappa shape index (κ3) is 2.64. The molecule has 19 heavy (non-hydrogen) atoms. The van der Waals surface area contributed by atoms with Crippen LogP contribution in [0.2, 0.25) is 0 Å². The predicted octanol–water partition coefficient (Wildman–Crippen LogP) is 3.29. The number of nitrogens with zero attached hydrogens (tertiary/aromatic N) is 1. The lowest BCUT2D eigenvalue weighted by atomic mass is 10.1. The molecule has 0 aliphatic carbocycles. The first-order valence-corrected chi connectivity index (χ1v) is 6.91. The van der Waals surface area contributed by atoms with Crippen molar-refractivity contribution in [2.45, 2.75) is 19.5 Å². The zero-order valence-corrected chi connectivity index (χ0v) is 11.4. The number of fused-ring (bicyclic) bond motifs is 1. The van der Waals surface area contributed by atoms with Crippen molar-refractivity contribution in [1.29, 1.82) is 0 Å². The summed E-state index contributed by atoms with van der Waals surface area (Å²) in [5.41, 5.74) is 5.64. The molecule has 1 aliphatic rings. The highest BCUT2D eigenvalue weighted by molar-refractivity contribution is 5.55. The van der Waals surface area contributed by atoms with E-state index in [1.54, 1.807) is 0 Å². The molecule has 0 aromatic heterocycles. The zero-order valence-electron chi connectivity index (χ0n) is 11.4. The van der Waals surface area contributed by atoms with Gasteiger partial charge in [-0.25, -0.2) is 0 Å². The maximum Gasteiger partial charge on any atom is 0.0386 e. The van der Waals surface area contributed by atoms with Crippen LogP contribution in [0, 0.1) is 0 Å². The Balaban J connectivity index is 1.64. The van der Waals surface area contributed by atoms with Gasteiger partial charge >= 0.3 is 0 Å². The summed E-state index contributed by atoms with van der Waals surface area (Å²) in [6.45, 7) is 3.28. The van der Waals surface area contributed by atoms with Gasteiger partial charge in [0.25, 0.3) is 0 Å². The Morgan fingerprint density at radius 3 is 2.63 bits per heavy atom. The summed E-state index contributed by atoms with van der Waals surface area (Å²) in [6, 6.07) is 17.3. The van der Waals surface area contributed by atoms with Gasteiger partial charge in [0.15, 0.2) is 0 Å². The third-order valence-electron chi connectivity index (χ3n) is 3.88.